The molecule has 0 aliphatic carbocycles. The van der Waals surface area contributed by atoms with E-state index in [2.05, 4.69) is 37.1 Å². The Balaban J connectivity index is 0.000000117. The van der Waals surface area contributed by atoms with Gasteiger partial charge in [-0.25, -0.2) is 15.0 Å². The van der Waals surface area contributed by atoms with Crippen molar-refractivity contribution in [1.82, 2.24) is 24.9 Å². The highest BCUT2D eigenvalue weighted by Gasteiger charge is 1.91. The molecule has 5 heteroatoms. The van der Waals surface area contributed by atoms with Crippen molar-refractivity contribution >= 4 is 21.9 Å². The predicted octanol–water partition coefficient (Wildman–Crippen LogP) is 2.59. The highest BCUT2D eigenvalue weighted by Crippen LogP contribution is 2.09. The van der Waals surface area contributed by atoms with E-state index in [9.17, 15) is 0 Å². The SMILES string of the molecule is c1ccc2cnccc2c1.c1ncc2nc[nH]c2n1. The highest BCUT2D eigenvalue weighted by atomic mass is 15.0. The Morgan fingerprint density at radius 3 is 2.58 bits per heavy atom. The van der Waals surface area contributed by atoms with E-state index in [1.807, 2.05) is 30.6 Å². The van der Waals surface area contributed by atoms with Gasteiger partial charge in [-0.3, -0.25) is 4.98 Å². The minimum Gasteiger partial charge on any atom is -0.329 e. The third kappa shape index (κ3) is 2.55. The van der Waals surface area contributed by atoms with Crippen molar-refractivity contribution < 1.29 is 0 Å². The lowest BCUT2D eigenvalue weighted by Gasteiger charge is -1.91. The van der Waals surface area contributed by atoms with Crippen LogP contribution >= 0.6 is 0 Å². The summed E-state index contributed by atoms with van der Waals surface area (Å²) in [6.07, 6.45) is 8.43. The molecule has 0 spiro atoms. The van der Waals surface area contributed by atoms with Crippen molar-refractivity contribution in [3.8, 4) is 0 Å². The van der Waals surface area contributed by atoms with Crippen LogP contribution in [-0.2, 0) is 0 Å². The molecule has 3 heterocycles. The number of H-pyrrole nitrogens is 1. The van der Waals surface area contributed by atoms with Gasteiger partial charge < -0.3 is 4.98 Å². The van der Waals surface area contributed by atoms with E-state index in [1.165, 1.54) is 17.1 Å². The molecule has 19 heavy (non-hydrogen) atoms. The summed E-state index contributed by atoms with van der Waals surface area (Å²) in [5, 5.41) is 2.45. The maximum Gasteiger partial charge on any atom is 0.160 e. The van der Waals surface area contributed by atoms with E-state index in [0.717, 1.165) is 11.2 Å². The van der Waals surface area contributed by atoms with Crippen molar-refractivity contribution in [3.63, 3.8) is 0 Å². The monoisotopic (exact) mass is 249 g/mol. The Morgan fingerprint density at radius 2 is 1.74 bits per heavy atom. The van der Waals surface area contributed by atoms with Gasteiger partial charge in [0.25, 0.3) is 0 Å². The maximum atomic E-state index is 4.01. The summed E-state index contributed by atoms with van der Waals surface area (Å²) < 4.78 is 0. The summed E-state index contributed by atoms with van der Waals surface area (Å²) >= 11 is 0. The van der Waals surface area contributed by atoms with Gasteiger partial charge in [0.1, 0.15) is 11.8 Å². The molecule has 0 bridgehead atoms. The second-order valence-electron chi connectivity index (χ2n) is 3.88. The molecule has 92 valence electrons. The van der Waals surface area contributed by atoms with E-state index in [4.69, 9.17) is 0 Å². The van der Waals surface area contributed by atoms with Gasteiger partial charge in [-0.15, -0.1) is 0 Å². The zero-order valence-electron chi connectivity index (χ0n) is 10.1. The Kier molecular flexibility index (Phi) is 3.10. The molecule has 0 saturated heterocycles. The van der Waals surface area contributed by atoms with Gasteiger partial charge in [0.15, 0.2) is 5.65 Å². The molecular weight excluding hydrogens is 238 g/mol. The van der Waals surface area contributed by atoms with E-state index in [0.29, 0.717) is 0 Å². The molecule has 0 aliphatic heterocycles. The fourth-order valence-electron chi connectivity index (χ4n) is 1.72. The van der Waals surface area contributed by atoms with Gasteiger partial charge in [0, 0.05) is 12.4 Å². The number of hydrogen-bond donors (Lipinski definition) is 1. The number of hydrogen-bond acceptors (Lipinski definition) is 4. The first-order valence-electron chi connectivity index (χ1n) is 5.81. The van der Waals surface area contributed by atoms with Crippen LogP contribution < -0.4 is 0 Å². The van der Waals surface area contributed by atoms with Crippen LogP contribution in [0.3, 0.4) is 0 Å². The second-order valence-corrected chi connectivity index (χ2v) is 3.88. The van der Waals surface area contributed by atoms with E-state index in [-0.39, 0.29) is 0 Å². The maximum absolute atomic E-state index is 4.01. The number of aromatic amines is 1. The van der Waals surface area contributed by atoms with Crippen molar-refractivity contribution in [2.24, 2.45) is 0 Å². The fraction of sp³-hybridized carbons (Fsp3) is 0. The summed E-state index contributed by atoms with van der Waals surface area (Å²) in [7, 11) is 0. The van der Waals surface area contributed by atoms with Crippen LogP contribution in [0.5, 0.6) is 0 Å². The van der Waals surface area contributed by atoms with Gasteiger partial charge >= 0.3 is 0 Å². The van der Waals surface area contributed by atoms with Crippen LogP contribution in [-0.4, -0.2) is 24.9 Å². The molecule has 0 radical (unpaired) electrons. The molecule has 1 N–H and O–H groups in total. The molecular formula is C14H11N5. The van der Waals surface area contributed by atoms with E-state index in [1.54, 1.807) is 12.5 Å². The Morgan fingerprint density at radius 1 is 0.842 bits per heavy atom. The molecule has 4 rings (SSSR count). The minimum absolute atomic E-state index is 0.782. The molecule has 0 aliphatic rings. The van der Waals surface area contributed by atoms with Crippen LogP contribution in [0.15, 0.2) is 61.6 Å². The van der Waals surface area contributed by atoms with Gasteiger partial charge in [0.2, 0.25) is 0 Å². The number of nitrogens with one attached hydrogen (secondary N) is 1. The average Bonchev–Trinajstić information content (AvgIpc) is 2.96. The number of imidazole rings is 1. The summed E-state index contributed by atoms with van der Waals surface area (Å²) in [6, 6.07) is 10.2. The minimum atomic E-state index is 0.782. The Bertz CT molecular complexity index is 698. The lowest BCUT2D eigenvalue weighted by Crippen LogP contribution is -1.76. The van der Waals surface area contributed by atoms with Crippen molar-refractivity contribution in [3.05, 3.63) is 61.6 Å². The van der Waals surface area contributed by atoms with Gasteiger partial charge in [-0.2, -0.15) is 0 Å². The Hall–Kier alpha value is -2.82. The molecule has 0 saturated carbocycles. The number of nitrogens with zero attached hydrogens (tertiary/aromatic N) is 4. The third-order valence-electron chi connectivity index (χ3n) is 2.65. The fourth-order valence-corrected chi connectivity index (χ4v) is 1.72. The van der Waals surface area contributed by atoms with Crippen molar-refractivity contribution in [1.29, 1.82) is 0 Å². The van der Waals surface area contributed by atoms with E-state index < -0.39 is 0 Å². The van der Waals surface area contributed by atoms with Crippen LogP contribution in [0.4, 0.5) is 0 Å². The van der Waals surface area contributed by atoms with Crippen LogP contribution in [0.25, 0.3) is 21.9 Å². The average molecular weight is 249 g/mol. The van der Waals surface area contributed by atoms with Gasteiger partial charge in [-0.1, -0.05) is 24.3 Å². The molecule has 0 amide bonds. The predicted molar refractivity (Wildman–Crippen MR) is 73.4 cm³/mol. The lowest BCUT2D eigenvalue weighted by molar-refractivity contribution is 1.20. The highest BCUT2D eigenvalue weighted by molar-refractivity contribution is 5.80. The van der Waals surface area contributed by atoms with Gasteiger partial charge in [0.05, 0.1) is 12.5 Å². The third-order valence-corrected chi connectivity index (χ3v) is 2.65. The molecule has 0 unspecified atom stereocenters. The lowest BCUT2D eigenvalue weighted by atomic mass is 10.2. The zero-order valence-corrected chi connectivity index (χ0v) is 10.1. The normalized spacial score (nSPS) is 10.1. The smallest absolute Gasteiger partial charge is 0.160 e. The van der Waals surface area contributed by atoms with E-state index >= 15 is 0 Å². The Labute approximate surface area is 109 Å². The molecule has 5 nitrogen and oxygen atoms in total. The first kappa shape index (κ1) is 11.3. The standard InChI is InChI=1S/C9H7N.C5H4N4/c1-2-4-9-7-10-6-5-8(9)3-1;1-4-5(8-2-6-1)9-3-7-4/h1-7H;1-3H,(H,6,7,8,9). The summed E-state index contributed by atoms with van der Waals surface area (Å²) in [6.45, 7) is 0. The number of rotatable bonds is 0. The second kappa shape index (κ2) is 5.22. The molecule has 1 aromatic carbocycles. The number of pyridine rings is 1. The topological polar surface area (TPSA) is 67.3 Å². The van der Waals surface area contributed by atoms with Crippen molar-refractivity contribution in [2.75, 3.05) is 0 Å². The number of aromatic nitrogens is 5. The van der Waals surface area contributed by atoms with Crippen LogP contribution in [0, 0.1) is 0 Å². The van der Waals surface area contributed by atoms with Gasteiger partial charge in [-0.05, 0) is 16.8 Å². The summed E-state index contributed by atoms with van der Waals surface area (Å²) in [5.74, 6) is 0. The first-order chi connectivity index (χ1) is 9.43. The first-order valence-corrected chi connectivity index (χ1v) is 5.81. The number of fused-ring (bicyclic) bond motifs is 2. The number of benzene rings is 1. The molecule has 0 atom stereocenters. The quantitative estimate of drug-likeness (QED) is 0.520. The molecule has 3 aromatic heterocycles. The van der Waals surface area contributed by atoms with Crippen LogP contribution in [0.1, 0.15) is 0 Å². The molecule has 4 aromatic rings. The summed E-state index contributed by atoms with van der Waals surface area (Å²) in [4.78, 5) is 18.5. The zero-order chi connectivity index (χ0) is 12.9. The molecule has 0 fully saturated rings. The van der Waals surface area contributed by atoms with Crippen molar-refractivity contribution in [2.45, 2.75) is 0 Å². The largest absolute Gasteiger partial charge is 0.329 e. The van der Waals surface area contributed by atoms with Crippen LogP contribution in [0.2, 0.25) is 0 Å². The summed E-state index contributed by atoms with van der Waals surface area (Å²) in [5.41, 5.74) is 1.59.